The van der Waals surface area contributed by atoms with E-state index in [1.165, 1.54) is 0 Å². The Hall–Kier alpha value is -1.98. The van der Waals surface area contributed by atoms with E-state index in [1.807, 2.05) is 6.07 Å². The molecule has 1 amide bonds. The monoisotopic (exact) mass is 297 g/mol. The Balaban J connectivity index is 1.85. The third-order valence-electron chi connectivity index (χ3n) is 3.58. The second kappa shape index (κ2) is 6.20. The van der Waals surface area contributed by atoms with Crippen molar-refractivity contribution in [2.75, 3.05) is 0 Å². The molecule has 1 saturated carbocycles. The Morgan fingerprint density at radius 2 is 1.90 bits per heavy atom. The van der Waals surface area contributed by atoms with E-state index in [-0.39, 0.29) is 31.6 Å². The summed E-state index contributed by atoms with van der Waals surface area (Å²) in [5.74, 6) is -4.63. The van der Waals surface area contributed by atoms with E-state index >= 15 is 0 Å². The van der Waals surface area contributed by atoms with Gasteiger partial charge in [0.05, 0.1) is 6.42 Å². The van der Waals surface area contributed by atoms with Crippen molar-refractivity contribution in [2.45, 2.75) is 37.6 Å². The molecule has 1 atom stereocenters. The molecule has 0 aromatic heterocycles. The Labute approximate surface area is 121 Å². The van der Waals surface area contributed by atoms with Crippen LogP contribution in [0, 0.1) is 5.92 Å². The fraction of sp³-hybridized carbons (Fsp3) is 0.467. The van der Waals surface area contributed by atoms with Crippen LogP contribution in [0.1, 0.15) is 24.8 Å². The predicted octanol–water partition coefficient (Wildman–Crippen LogP) is 2.23. The largest absolute Gasteiger partial charge is 0.480 e. The van der Waals surface area contributed by atoms with Gasteiger partial charge in [0.2, 0.25) is 11.8 Å². The number of carbonyl (C=O) groups is 2. The number of carboxylic acids is 1. The van der Waals surface area contributed by atoms with Gasteiger partial charge in [-0.2, -0.15) is 0 Å². The number of nitrogens with one attached hydrogen (secondary N) is 1. The predicted molar refractivity (Wildman–Crippen MR) is 72.0 cm³/mol. The fourth-order valence-corrected chi connectivity index (χ4v) is 2.53. The van der Waals surface area contributed by atoms with Crippen molar-refractivity contribution >= 4 is 11.9 Å². The second-order valence-electron chi connectivity index (χ2n) is 5.49. The second-order valence-corrected chi connectivity index (χ2v) is 5.49. The average Bonchev–Trinajstić information content (AvgIpc) is 2.36. The van der Waals surface area contributed by atoms with Gasteiger partial charge >= 0.3 is 5.97 Å². The quantitative estimate of drug-likeness (QED) is 0.846. The number of halogens is 2. The molecule has 2 N–H and O–H groups in total. The minimum atomic E-state index is -2.68. The maximum Gasteiger partial charge on any atom is 0.326 e. The summed E-state index contributed by atoms with van der Waals surface area (Å²) < 4.78 is 25.5. The molecule has 0 aliphatic heterocycles. The van der Waals surface area contributed by atoms with Crippen LogP contribution in [0.2, 0.25) is 0 Å². The molecule has 1 aromatic rings. The molecular formula is C15H17F2NO3. The number of rotatable bonds is 6. The lowest BCUT2D eigenvalue weighted by Crippen LogP contribution is -2.46. The van der Waals surface area contributed by atoms with Crippen LogP contribution >= 0.6 is 0 Å². The molecule has 0 saturated heterocycles. The van der Waals surface area contributed by atoms with Gasteiger partial charge in [0.15, 0.2) is 0 Å². The molecule has 21 heavy (non-hydrogen) atoms. The summed E-state index contributed by atoms with van der Waals surface area (Å²) in [6.07, 6.45) is -0.479. The summed E-state index contributed by atoms with van der Waals surface area (Å²) in [7, 11) is 0. The van der Waals surface area contributed by atoms with E-state index in [4.69, 9.17) is 5.11 Å². The Kier molecular flexibility index (Phi) is 4.55. The first-order valence-electron chi connectivity index (χ1n) is 6.80. The van der Waals surface area contributed by atoms with Gasteiger partial charge in [-0.3, -0.25) is 4.79 Å². The summed E-state index contributed by atoms with van der Waals surface area (Å²) in [6, 6.07) is 7.81. The molecule has 1 aliphatic carbocycles. The topological polar surface area (TPSA) is 66.4 Å². The van der Waals surface area contributed by atoms with Gasteiger partial charge in [0.1, 0.15) is 6.04 Å². The highest BCUT2D eigenvalue weighted by atomic mass is 19.3. The zero-order valence-corrected chi connectivity index (χ0v) is 11.4. The van der Waals surface area contributed by atoms with E-state index < -0.39 is 23.8 Å². The minimum Gasteiger partial charge on any atom is -0.480 e. The number of alkyl halides is 2. The fourth-order valence-electron chi connectivity index (χ4n) is 2.53. The van der Waals surface area contributed by atoms with Crippen LogP contribution in [-0.4, -0.2) is 28.9 Å². The zero-order chi connectivity index (χ0) is 15.5. The van der Waals surface area contributed by atoms with Crippen molar-refractivity contribution in [3.8, 4) is 0 Å². The van der Waals surface area contributed by atoms with Gasteiger partial charge in [0, 0.05) is 12.8 Å². The maximum atomic E-state index is 12.8. The molecule has 1 fully saturated rings. The van der Waals surface area contributed by atoms with Gasteiger partial charge in [-0.25, -0.2) is 13.6 Å². The SMILES string of the molecule is O=C(Cc1ccccc1)NC(CC1CC(F)(F)C1)C(=O)O. The summed E-state index contributed by atoms with van der Waals surface area (Å²) in [5, 5.41) is 11.5. The number of carboxylic acid groups (broad SMARTS) is 1. The van der Waals surface area contributed by atoms with Gasteiger partial charge in [-0.1, -0.05) is 30.3 Å². The Morgan fingerprint density at radius 3 is 2.43 bits per heavy atom. The molecule has 6 heteroatoms. The molecular weight excluding hydrogens is 280 g/mol. The van der Waals surface area contributed by atoms with E-state index in [9.17, 15) is 18.4 Å². The molecule has 0 radical (unpaired) electrons. The Bertz CT molecular complexity index is 511. The summed E-state index contributed by atoms with van der Waals surface area (Å²) in [6.45, 7) is 0. The number of hydrogen-bond acceptors (Lipinski definition) is 2. The van der Waals surface area contributed by atoms with Crippen molar-refractivity contribution in [2.24, 2.45) is 5.92 Å². The molecule has 1 unspecified atom stereocenters. The van der Waals surface area contributed by atoms with Crippen LogP contribution in [0.25, 0.3) is 0 Å². The lowest BCUT2D eigenvalue weighted by Gasteiger charge is -2.36. The summed E-state index contributed by atoms with van der Waals surface area (Å²) in [5.41, 5.74) is 0.773. The molecule has 114 valence electrons. The standard InChI is InChI=1S/C15H17F2NO3/c16-15(17)8-11(9-15)6-12(14(20)21)18-13(19)7-10-4-2-1-3-5-10/h1-5,11-12H,6-9H2,(H,18,19)(H,20,21). The Morgan fingerprint density at radius 1 is 1.29 bits per heavy atom. The van der Waals surface area contributed by atoms with Crippen molar-refractivity contribution in [1.29, 1.82) is 0 Å². The van der Waals surface area contributed by atoms with Crippen molar-refractivity contribution in [3.63, 3.8) is 0 Å². The molecule has 1 aliphatic rings. The van der Waals surface area contributed by atoms with Crippen LogP contribution in [0.4, 0.5) is 8.78 Å². The summed E-state index contributed by atoms with van der Waals surface area (Å²) in [4.78, 5) is 22.9. The van der Waals surface area contributed by atoms with Crippen molar-refractivity contribution in [3.05, 3.63) is 35.9 Å². The zero-order valence-electron chi connectivity index (χ0n) is 11.4. The van der Waals surface area contributed by atoms with E-state index in [0.29, 0.717) is 0 Å². The molecule has 0 bridgehead atoms. The summed E-state index contributed by atoms with van der Waals surface area (Å²) >= 11 is 0. The van der Waals surface area contributed by atoms with Gasteiger partial charge in [-0.05, 0) is 17.9 Å². The van der Waals surface area contributed by atoms with Crippen LogP contribution in [0.15, 0.2) is 30.3 Å². The van der Waals surface area contributed by atoms with E-state index in [1.54, 1.807) is 24.3 Å². The van der Waals surface area contributed by atoms with Gasteiger partial charge < -0.3 is 10.4 Å². The molecule has 0 spiro atoms. The third kappa shape index (κ3) is 4.51. The van der Waals surface area contributed by atoms with Crippen molar-refractivity contribution < 1.29 is 23.5 Å². The van der Waals surface area contributed by atoms with E-state index in [2.05, 4.69) is 5.32 Å². The first-order valence-corrected chi connectivity index (χ1v) is 6.80. The number of hydrogen-bond donors (Lipinski definition) is 2. The van der Waals surface area contributed by atoms with Crippen LogP contribution < -0.4 is 5.32 Å². The average molecular weight is 297 g/mol. The lowest BCUT2D eigenvalue weighted by molar-refractivity contribution is -0.146. The number of amides is 1. The number of carbonyl (C=O) groups excluding carboxylic acids is 1. The smallest absolute Gasteiger partial charge is 0.326 e. The third-order valence-corrected chi connectivity index (χ3v) is 3.58. The molecule has 1 aromatic carbocycles. The van der Waals surface area contributed by atoms with Crippen LogP contribution in [-0.2, 0) is 16.0 Å². The van der Waals surface area contributed by atoms with Crippen LogP contribution in [0.3, 0.4) is 0 Å². The molecule has 2 rings (SSSR count). The molecule has 0 heterocycles. The highest BCUT2D eigenvalue weighted by Crippen LogP contribution is 2.44. The number of benzene rings is 1. The number of aliphatic carboxylic acids is 1. The van der Waals surface area contributed by atoms with Crippen LogP contribution in [0.5, 0.6) is 0 Å². The highest BCUT2D eigenvalue weighted by molar-refractivity contribution is 5.84. The van der Waals surface area contributed by atoms with Gasteiger partial charge in [0.25, 0.3) is 0 Å². The van der Waals surface area contributed by atoms with E-state index in [0.717, 1.165) is 5.56 Å². The minimum absolute atomic E-state index is 0.0471. The normalized spacial score (nSPS) is 18.6. The lowest BCUT2D eigenvalue weighted by atomic mass is 9.77. The highest BCUT2D eigenvalue weighted by Gasteiger charge is 2.46. The molecule has 4 nitrogen and oxygen atoms in total. The maximum absolute atomic E-state index is 12.8. The first-order chi connectivity index (χ1) is 9.85. The van der Waals surface area contributed by atoms with Gasteiger partial charge in [-0.15, -0.1) is 0 Å². The first kappa shape index (κ1) is 15.4. The van der Waals surface area contributed by atoms with Crippen molar-refractivity contribution in [1.82, 2.24) is 5.32 Å².